The quantitative estimate of drug-likeness (QED) is 0.272. The normalized spacial score (nSPS) is 11.9. The molecule has 0 aliphatic carbocycles. The number of carbonyl (C=O) groups is 1. The Bertz CT molecular complexity index is 1720. The topological polar surface area (TPSA) is 112 Å². The van der Waals surface area contributed by atoms with Gasteiger partial charge in [0.1, 0.15) is 5.69 Å². The number of rotatable bonds is 4. The van der Waals surface area contributed by atoms with Gasteiger partial charge < -0.3 is 14.7 Å². The van der Waals surface area contributed by atoms with Crippen molar-refractivity contribution in [2.75, 3.05) is 5.32 Å². The van der Waals surface area contributed by atoms with Crippen LogP contribution in [0.3, 0.4) is 0 Å². The lowest BCUT2D eigenvalue weighted by Gasteiger charge is -2.17. The minimum atomic E-state index is -0.495. The molecule has 0 saturated carbocycles. The van der Waals surface area contributed by atoms with Crippen molar-refractivity contribution in [1.82, 2.24) is 25.1 Å². The third-order valence-electron chi connectivity index (χ3n) is 6.14. The van der Waals surface area contributed by atoms with Crippen LogP contribution in [0.2, 0.25) is 0 Å². The molecule has 0 atom stereocenters. The largest absolute Gasteiger partial charge is 0.472 e. The number of anilines is 1. The van der Waals surface area contributed by atoms with E-state index in [0.29, 0.717) is 11.5 Å². The van der Waals surface area contributed by atoms with Gasteiger partial charge in [-0.05, 0) is 35.9 Å². The Labute approximate surface area is 206 Å². The molecule has 0 unspecified atom stereocenters. The van der Waals surface area contributed by atoms with Crippen LogP contribution in [0.5, 0.6) is 0 Å². The second-order valence-corrected chi connectivity index (χ2v) is 9.80. The Balaban J connectivity index is 1.40. The summed E-state index contributed by atoms with van der Waals surface area (Å²) in [5.74, 6) is 0.613. The predicted molar refractivity (Wildman–Crippen MR) is 140 cm³/mol. The van der Waals surface area contributed by atoms with E-state index in [1.807, 2.05) is 63.2 Å². The van der Waals surface area contributed by atoms with Gasteiger partial charge >= 0.3 is 0 Å². The molecule has 6 aromatic rings. The van der Waals surface area contributed by atoms with Gasteiger partial charge in [-0.2, -0.15) is 5.10 Å². The van der Waals surface area contributed by atoms with Gasteiger partial charge in [-0.15, -0.1) is 0 Å². The summed E-state index contributed by atoms with van der Waals surface area (Å²) in [6, 6.07) is 15.9. The predicted octanol–water partition coefficient (Wildman–Crippen LogP) is 6.41. The Morgan fingerprint density at radius 2 is 1.86 bits per heavy atom. The number of aromatic amines is 2. The summed E-state index contributed by atoms with van der Waals surface area (Å²) in [4.78, 5) is 25.1. The summed E-state index contributed by atoms with van der Waals surface area (Å²) in [7, 11) is 0. The average molecular weight is 477 g/mol. The van der Waals surface area contributed by atoms with Crippen LogP contribution in [0, 0.1) is 5.41 Å². The van der Waals surface area contributed by atoms with Crippen molar-refractivity contribution >= 4 is 33.5 Å². The molecule has 0 bridgehead atoms. The molecule has 0 spiro atoms. The molecule has 0 saturated heterocycles. The summed E-state index contributed by atoms with van der Waals surface area (Å²) in [5, 5.41) is 11.6. The first kappa shape index (κ1) is 21.8. The SMILES string of the molecule is CC(C)(C)C(=O)Nc1cncc(-c2ccc3[nH]nc(-c4nc5c(-c6ccoc6)cccc5[nH]4)c3c2)c1. The van der Waals surface area contributed by atoms with Gasteiger partial charge in [0.15, 0.2) is 5.82 Å². The van der Waals surface area contributed by atoms with Crippen LogP contribution in [0.4, 0.5) is 5.69 Å². The van der Waals surface area contributed by atoms with Crippen molar-refractivity contribution in [2.24, 2.45) is 5.41 Å². The highest BCUT2D eigenvalue weighted by molar-refractivity contribution is 5.99. The number of benzene rings is 2. The van der Waals surface area contributed by atoms with Gasteiger partial charge in [-0.1, -0.05) is 39.0 Å². The van der Waals surface area contributed by atoms with Gasteiger partial charge in [0.05, 0.1) is 41.0 Å². The maximum atomic E-state index is 12.4. The smallest absolute Gasteiger partial charge is 0.229 e. The summed E-state index contributed by atoms with van der Waals surface area (Å²) >= 11 is 0. The monoisotopic (exact) mass is 476 g/mol. The number of imidazole rings is 1. The molecule has 6 rings (SSSR count). The number of H-pyrrole nitrogens is 2. The number of para-hydroxylation sites is 1. The molecule has 0 radical (unpaired) electrons. The number of nitrogens with one attached hydrogen (secondary N) is 3. The van der Waals surface area contributed by atoms with Gasteiger partial charge in [0.2, 0.25) is 5.91 Å². The lowest BCUT2D eigenvalue weighted by Crippen LogP contribution is -2.27. The van der Waals surface area contributed by atoms with E-state index in [0.717, 1.165) is 49.9 Å². The number of aromatic nitrogens is 5. The fourth-order valence-corrected chi connectivity index (χ4v) is 4.15. The molecule has 4 heterocycles. The van der Waals surface area contributed by atoms with Gasteiger partial charge in [-0.3, -0.25) is 14.9 Å². The number of fused-ring (bicyclic) bond motifs is 2. The maximum Gasteiger partial charge on any atom is 0.229 e. The average Bonchev–Trinajstić information content (AvgIpc) is 3.62. The summed E-state index contributed by atoms with van der Waals surface area (Å²) in [6.07, 6.45) is 6.81. The standard InChI is InChI=1S/C28H24N6O2/c1-28(2,3)27(35)30-19-11-18(13-29-14-19)16-7-8-22-21(12-16)25(34-33-22)26-31-23-6-4-5-20(24(23)32-26)17-9-10-36-15-17/h4-15H,1-3H3,(H,30,35)(H,31,32)(H,33,34). The minimum absolute atomic E-state index is 0.0614. The van der Waals surface area contributed by atoms with E-state index in [1.54, 1.807) is 24.9 Å². The van der Waals surface area contributed by atoms with Crippen LogP contribution < -0.4 is 5.32 Å². The molecule has 0 aliphatic rings. The van der Waals surface area contributed by atoms with Crippen LogP contribution >= 0.6 is 0 Å². The Hall–Kier alpha value is -4.72. The second kappa shape index (κ2) is 8.20. The number of pyridine rings is 1. The van der Waals surface area contributed by atoms with Crippen molar-refractivity contribution in [3.63, 3.8) is 0 Å². The molecule has 8 heteroatoms. The first-order valence-electron chi connectivity index (χ1n) is 11.6. The van der Waals surface area contributed by atoms with Crippen LogP contribution in [0.1, 0.15) is 20.8 Å². The summed E-state index contributed by atoms with van der Waals surface area (Å²) in [5.41, 5.74) is 7.37. The van der Waals surface area contributed by atoms with Crippen molar-refractivity contribution < 1.29 is 9.21 Å². The lowest BCUT2D eigenvalue weighted by atomic mass is 9.95. The molecular formula is C28H24N6O2. The lowest BCUT2D eigenvalue weighted by molar-refractivity contribution is -0.123. The van der Waals surface area contributed by atoms with Crippen LogP contribution in [-0.2, 0) is 4.79 Å². The van der Waals surface area contributed by atoms with E-state index in [-0.39, 0.29) is 5.91 Å². The molecular weight excluding hydrogens is 452 g/mol. The third-order valence-corrected chi connectivity index (χ3v) is 6.14. The number of amides is 1. The van der Waals surface area contributed by atoms with Crippen molar-refractivity contribution in [3.8, 4) is 33.8 Å². The number of furan rings is 1. The van der Waals surface area contributed by atoms with E-state index in [1.165, 1.54) is 0 Å². The molecule has 2 aromatic carbocycles. The van der Waals surface area contributed by atoms with Crippen LogP contribution in [0.15, 0.2) is 77.9 Å². The van der Waals surface area contributed by atoms with E-state index in [4.69, 9.17) is 9.40 Å². The van der Waals surface area contributed by atoms with E-state index in [2.05, 4.69) is 31.5 Å². The second-order valence-electron chi connectivity index (χ2n) is 9.80. The molecule has 8 nitrogen and oxygen atoms in total. The molecule has 36 heavy (non-hydrogen) atoms. The molecule has 178 valence electrons. The summed E-state index contributed by atoms with van der Waals surface area (Å²) in [6.45, 7) is 5.64. The fraction of sp³-hybridized carbons (Fsp3) is 0.143. The molecule has 4 aromatic heterocycles. The van der Waals surface area contributed by atoms with Gasteiger partial charge in [-0.25, -0.2) is 4.98 Å². The number of nitrogens with zero attached hydrogens (tertiary/aromatic N) is 3. The number of carbonyl (C=O) groups excluding carboxylic acids is 1. The van der Waals surface area contributed by atoms with Crippen molar-refractivity contribution in [1.29, 1.82) is 0 Å². The van der Waals surface area contributed by atoms with Crippen LogP contribution in [-0.4, -0.2) is 31.1 Å². The van der Waals surface area contributed by atoms with Gasteiger partial charge in [0.25, 0.3) is 0 Å². The molecule has 0 aliphatic heterocycles. The first-order valence-corrected chi connectivity index (χ1v) is 11.6. The highest BCUT2D eigenvalue weighted by atomic mass is 16.3. The fourth-order valence-electron chi connectivity index (χ4n) is 4.15. The van der Waals surface area contributed by atoms with Crippen molar-refractivity contribution in [2.45, 2.75) is 20.8 Å². The Kier molecular flexibility index (Phi) is 4.96. The van der Waals surface area contributed by atoms with E-state index in [9.17, 15) is 4.79 Å². The zero-order chi connectivity index (χ0) is 24.9. The zero-order valence-electron chi connectivity index (χ0n) is 20.1. The zero-order valence-corrected chi connectivity index (χ0v) is 20.1. The van der Waals surface area contributed by atoms with Crippen LogP contribution in [0.25, 0.3) is 55.7 Å². The van der Waals surface area contributed by atoms with Gasteiger partial charge in [0, 0.05) is 33.7 Å². The van der Waals surface area contributed by atoms with E-state index < -0.39 is 5.41 Å². The van der Waals surface area contributed by atoms with Crippen molar-refractivity contribution in [3.05, 3.63) is 73.5 Å². The van der Waals surface area contributed by atoms with E-state index >= 15 is 0 Å². The minimum Gasteiger partial charge on any atom is -0.472 e. The summed E-state index contributed by atoms with van der Waals surface area (Å²) < 4.78 is 5.27. The Morgan fingerprint density at radius 3 is 2.67 bits per heavy atom. The Morgan fingerprint density at radius 1 is 0.972 bits per heavy atom. The number of hydrogen-bond donors (Lipinski definition) is 3. The maximum absolute atomic E-state index is 12.4. The molecule has 0 fully saturated rings. The highest BCUT2D eigenvalue weighted by Crippen LogP contribution is 2.33. The first-order chi connectivity index (χ1) is 17.4. The number of hydrogen-bond acceptors (Lipinski definition) is 5. The molecule has 3 N–H and O–H groups in total. The third kappa shape index (κ3) is 3.82. The molecule has 1 amide bonds. The highest BCUT2D eigenvalue weighted by Gasteiger charge is 2.21.